The molecule has 0 aromatic carbocycles. The number of thiophene rings is 1. The highest BCUT2D eigenvalue weighted by Gasteiger charge is 2.14. The number of nitrogens with one attached hydrogen (secondary N) is 1. The summed E-state index contributed by atoms with van der Waals surface area (Å²) in [6, 6.07) is 6.13. The molecular formula is C14H21N3OS. The van der Waals surface area contributed by atoms with Crippen LogP contribution in [0.15, 0.2) is 23.6 Å². The lowest BCUT2D eigenvalue weighted by Crippen LogP contribution is -2.21. The van der Waals surface area contributed by atoms with Crippen molar-refractivity contribution >= 4 is 17.2 Å². The topological polar surface area (TPSA) is 50.1 Å². The fourth-order valence-electron chi connectivity index (χ4n) is 1.72. The van der Waals surface area contributed by atoms with Crippen LogP contribution >= 0.6 is 11.3 Å². The van der Waals surface area contributed by atoms with Gasteiger partial charge in [0.15, 0.2) is 0 Å². The van der Waals surface area contributed by atoms with E-state index in [0.717, 1.165) is 22.9 Å². The predicted molar refractivity (Wildman–Crippen MR) is 80.6 cm³/mol. The van der Waals surface area contributed by atoms with Crippen LogP contribution in [0.1, 0.15) is 20.8 Å². The van der Waals surface area contributed by atoms with Crippen LogP contribution in [0.4, 0.5) is 5.82 Å². The molecule has 0 fully saturated rings. The molecule has 2 aromatic heterocycles. The van der Waals surface area contributed by atoms with E-state index < -0.39 is 0 Å². The zero-order chi connectivity index (χ0) is 13.9. The van der Waals surface area contributed by atoms with Gasteiger partial charge in [-0.25, -0.2) is 4.68 Å². The Morgan fingerprint density at radius 1 is 1.42 bits per heavy atom. The van der Waals surface area contributed by atoms with E-state index in [4.69, 9.17) is 5.11 Å². The Bertz CT molecular complexity index is 511. The van der Waals surface area contributed by atoms with E-state index >= 15 is 0 Å². The highest BCUT2D eigenvalue weighted by Crippen LogP contribution is 2.26. The lowest BCUT2D eigenvalue weighted by atomic mass is 9.97. The fourth-order valence-corrected chi connectivity index (χ4v) is 2.41. The van der Waals surface area contributed by atoms with Gasteiger partial charge in [-0.05, 0) is 16.9 Å². The molecule has 4 nitrogen and oxygen atoms in total. The third-order valence-electron chi connectivity index (χ3n) is 2.67. The molecular weight excluding hydrogens is 258 g/mol. The number of aromatic nitrogens is 2. The molecule has 0 radical (unpaired) electrons. The van der Waals surface area contributed by atoms with Gasteiger partial charge in [0.25, 0.3) is 0 Å². The molecule has 2 heterocycles. The van der Waals surface area contributed by atoms with Crippen LogP contribution in [0, 0.1) is 5.41 Å². The molecule has 0 amide bonds. The van der Waals surface area contributed by atoms with E-state index in [0.29, 0.717) is 6.54 Å². The van der Waals surface area contributed by atoms with E-state index in [1.165, 1.54) is 0 Å². The second-order valence-corrected chi connectivity index (χ2v) is 6.70. The second kappa shape index (κ2) is 5.75. The minimum Gasteiger partial charge on any atom is -0.394 e. The van der Waals surface area contributed by atoms with Crippen LogP contribution in [0.2, 0.25) is 0 Å². The standard InChI is InChI=1S/C14H21N3OS/c1-14(2,3)10-15-13-9-11(12-5-4-8-19-12)16-17(13)6-7-18/h4-5,8-9,15,18H,6-7,10H2,1-3H3. The van der Waals surface area contributed by atoms with Crippen molar-refractivity contribution in [3.63, 3.8) is 0 Å². The summed E-state index contributed by atoms with van der Waals surface area (Å²) in [7, 11) is 0. The molecule has 2 N–H and O–H groups in total. The summed E-state index contributed by atoms with van der Waals surface area (Å²) in [5.41, 5.74) is 1.16. The third-order valence-corrected chi connectivity index (χ3v) is 3.56. The number of rotatable bonds is 5. The lowest BCUT2D eigenvalue weighted by molar-refractivity contribution is 0.270. The molecule has 5 heteroatoms. The molecule has 0 aliphatic rings. The molecule has 0 aliphatic heterocycles. The van der Waals surface area contributed by atoms with Crippen molar-refractivity contribution in [2.45, 2.75) is 27.3 Å². The lowest BCUT2D eigenvalue weighted by Gasteiger charge is -2.19. The number of aliphatic hydroxyl groups is 1. The van der Waals surface area contributed by atoms with Gasteiger partial charge in [0.1, 0.15) is 11.5 Å². The van der Waals surface area contributed by atoms with Crippen LogP contribution in [0.25, 0.3) is 10.6 Å². The van der Waals surface area contributed by atoms with Crippen molar-refractivity contribution in [3.05, 3.63) is 23.6 Å². The Hall–Kier alpha value is -1.33. The molecule has 0 atom stereocenters. The first kappa shape index (κ1) is 14.1. The first-order chi connectivity index (χ1) is 8.99. The number of aliphatic hydroxyl groups excluding tert-OH is 1. The van der Waals surface area contributed by atoms with Crippen molar-refractivity contribution in [3.8, 4) is 10.6 Å². The van der Waals surface area contributed by atoms with Crippen LogP contribution in [-0.2, 0) is 6.54 Å². The molecule has 104 valence electrons. The summed E-state index contributed by atoms with van der Waals surface area (Å²) in [6.45, 7) is 8.04. The summed E-state index contributed by atoms with van der Waals surface area (Å²) in [4.78, 5) is 1.15. The minimum absolute atomic E-state index is 0.0930. The Balaban J connectivity index is 2.21. The molecule has 0 saturated carbocycles. The van der Waals surface area contributed by atoms with E-state index in [2.05, 4.69) is 37.3 Å². The summed E-state index contributed by atoms with van der Waals surface area (Å²) in [6.07, 6.45) is 0. The molecule has 0 saturated heterocycles. The van der Waals surface area contributed by atoms with Crippen LogP contribution in [-0.4, -0.2) is 28.0 Å². The number of anilines is 1. The number of hydrogen-bond donors (Lipinski definition) is 2. The Labute approximate surface area is 118 Å². The molecule has 2 aromatic rings. The zero-order valence-electron chi connectivity index (χ0n) is 11.7. The van der Waals surface area contributed by atoms with Crippen molar-refractivity contribution in [1.82, 2.24) is 9.78 Å². The van der Waals surface area contributed by atoms with Crippen LogP contribution in [0.5, 0.6) is 0 Å². The molecule has 2 rings (SSSR count). The molecule has 0 spiro atoms. The maximum absolute atomic E-state index is 9.13. The first-order valence-corrected chi connectivity index (χ1v) is 7.34. The van der Waals surface area contributed by atoms with Crippen molar-refractivity contribution in [1.29, 1.82) is 0 Å². The van der Waals surface area contributed by atoms with Crippen molar-refractivity contribution < 1.29 is 5.11 Å². The van der Waals surface area contributed by atoms with Gasteiger partial charge in [-0.2, -0.15) is 5.10 Å². The summed E-state index contributed by atoms with van der Waals surface area (Å²) in [5, 5.41) is 19.1. The van der Waals surface area contributed by atoms with E-state index in [9.17, 15) is 0 Å². The maximum atomic E-state index is 9.13. The Morgan fingerprint density at radius 2 is 2.21 bits per heavy atom. The van der Waals surface area contributed by atoms with Gasteiger partial charge < -0.3 is 10.4 Å². The minimum atomic E-state index is 0.0930. The van der Waals surface area contributed by atoms with Gasteiger partial charge >= 0.3 is 0 Å². The maximum Gasteiger partial charge on any atom is 0.125 e. The Morgan fingerprint density at radius 3 is 2.79 bits per heavy atom. The van der Waals surface area contributed by atoms with Crippen LogP contribution < -0.4 is 5.32 Å². The highest BCUT2D eigenvalue weighted by atomic mass is 32.1. The fraction of sp³-hybridized carbons (Fsp3) is 0.500. The predicted octanol–water partition coefficient (Wildman–Crippen LogP) is 3.06. The average molecular weight is 279 g/mol. The van der Waals surface area contributed by atoms with Crippen LogP contribution in [0.3, 0.4) is 0 Å². The van der Waals surface area contributed by atoms with E-state index in [-0.39, 0.29) is 12.0 Å². The molecule has 0 unspecified atom stereocenters. The number of nitrogens with zero attached hydrogens (tertiary/aromatic N) is 2. The third kappa shape index (κ3) is 3.81. The van der Waals surface area contributed by atoms with Gasteiger partial charge in [-0.1, -0.05) is 26.8 Å². The van der Waals surface area contributed by atoms with Gasteiger partial charge in [-0.15, -0.1) is 11.3 Å². The van der Waals surface area contributed by atoms with Gasteiger partial charge in [0.05, 0.1) is 18.0 Å². The quantitative estimate of drug-likeness (QED) is 0.884. The Kier molecular flexibility index (Phi) is 4.27. The van der Waals surface area contributed by atoms with Crippen molar-refractivity contribution in [2.75, 3.05) is 18.5 Å². The molecule has 0 bridgehead atoms. The summed E-state index contributed by atoms with van der Waals surface area (Å²) in [5.74, 6) is 0.965. The largest absolute Gasteiger partial charge is 0.394 e. The molecule has 0 aliphatic carbocycles. The molecule has 19 heavy (non-hydrogen) atoms. The van der Waals surface area contributed by atoms with Crippen molar-refractivity contribution in [2.24, 2.45) is 5.41 Å². The van der Waals surface area contributed by atoms with E-state index in [1.54, 1.807) is 11.3 Å². The first-order valence-electron chi connectivity index (χ1n) is 6.46. The monoisotopic (exact) mass is 279 g/mol. The summed E-state index contributed by atoms with van der Waals surface area (Å²) >= 11 is 1.67. The summed E-state index contributed by atoms with van der Waals surface area (Å²) < 4.78 is 1.83. The highest BCUT2D eigenvalue weighted by molar-refractivity contribution is 7.13. The normalized spacial score (nSPS) is 11.8. The second-order valence-electron chi connectivity index (χ2n) is 5.75. The number of hydrogen-bond acceptors (Lipinski definition) is 4. The average Bonchev–Trinajstić information content (AvgIpc) is 2.94. The smallest absolute Gasteiger partial charge is 0.125 e. The van der Waals surface area contributed by atoms with E-state index in [1.807, 2.05) is 22.2 Å². The van der Waals surface area contributed by atoms with Gasteiger partial charge in [0.2, 0.25) is 0 Å². The zero-order valence-corrected chi connectivity index (χ0v) is 12.5. The van der Waals surface area contributed by atoms with Gasteiger partial charge in [-0.3, -0.25) is 0 Å². The van der Waals surface area contributed by atoms with Gasteiger partial charge in [0, 0.05) is 12.6 Å². The SMILES string of the molecule is CC(C)(C)CNc1cc(-c2cccs2)nn1CCO.